The van der Waals surface area contributed by atoms with E-state index in [1.165, 1.54) is 11.1 Å². The van der Waals surface area contributed by atoms with E-state index in [0.29, 0.717) is 18.9 Å². The lowest BCUT2D eigenvalue weighted by molar-refractivity contribution is -0.120. The van der Waals surface area contributed by atoms with Gasteiger partial charge in [-0.05, 0) is 41.3 Å². The smallest absolute Gasteiger partial charge is 0.239 e. The Morgan fingerprint density at radius 1 is 1.26 bits per heavy atom. The van der Waals surface area contributed by atoms with Crippen molar-refractivity contribution in [1.82, 2.24) is 25.8 Å². The molecule has 34 heavy (non-hydrogen) atoms. The number of rotatable bonds is 7. The number of benzene rings is 1. The van der Waals surface area contributed by atoms with Crippen molar-refractivity contribution < 1.29 is 4.79 Å². The van der Waals surface area contributed by atoms with Crippen molar-refractivity contribution >= 4 is 39.7 Å². The van der Waals surface area contributed by atoms with Gasteiger partial charge in [0.2, 0.25) is 5.91 Å². The van der Waals surface area contributed by atoms with Crippen LogP contribution in [0.5, 0.6) is 0 Å². The van der Waals surface area contributed by atoms with Gasteiger partial charge in [-0.25, -0.2) is 4.98 Å². The summed E-state index contributed by atoms with van der Waals surface area (Å²) in [4.78, 5) is 19.3. The Morgan fingerprint density at radius 2 is 2.15 bits per heavy atom. The van der Waals surface area contributed by atoms with Crippen LogP contribution in [0.4, 0.5) is 11.6 Å². The number of thiophene rings is 1. The largest absolute Gasteiger partial charge is 0.353 e. The Labute approximate surface area is 201 Å². The van der Waals surface area contributed by atoms with Crippen LogP contribution in [0, 0.1) is 0 Å². The highest BCUT2D eigenvalue weighted by atomic mass is 32.1. The Hall–Kier alpha value is -3.60. The molecule has 1 atom stereocenters. The number of carbonyl (C=O) groups excluding carboxylic acids is 1. The van der Waals surface area contributed by atoms with E-state index in [9.17, 15) is 4.79 Å². The van der Waals surface area contributed by atoms with Crippen LogP contribution in [0.3, 0.4) is 0 Å². The molecule has 1 fully saturated rings. The summed E-state index contributed by atoms with van der Waals surface area (Å²) >= 11 is 1.61. The summed E-state index contributed by atoms with van der Waals surface area (Å²) in [5.41, 5.74) is 10.1. The van der Waals surface area contributed by atoms with Crippen LogP contribution in [0.2, 0.25) is 0 Å². The fraction of sp³-hybridized carbons (Fsp3) is 0.250. The van der Waals surface area contributed by atoms with Crippen LogP contribution in [0.15, 0.2) is 54.2 Å². The molecule has 0 aliphatic carbocycles. The van der Waals surface area contributed by atoms with Gasteiger partial charge in [0.25, 0.3) is 0 Å². The molecule has 1 aliphatic heterocycles. The molecule has 1 aromatic carbocycles. The molecule has 0 spiro atoms. The number of nitrogens with two attached hydrogens (primary N) is 1. The van der Waals surface area contributed by atoms with E-state index in [0.717, 1.165) is 33.6 Å². The van der Waals surface area contributed by atoms with E-state index in [1.54, 1.807) is 23.7 Å². The fourth-order valence-corrected chi connectivity index (χ4v) is 4.96. The molecule has 1 aliphatic rings. The van der Waals surface area contributed by atoms with E-state index < -0.39 is 6.17 Å². The van der Waals surface area contributed by atoms with Gasteiger partial charge in [0.1, 0.15) is 12.0 Å². The predicted molar refractivity (Wildman–Crippen MR) is 136 cm³/mol. The van der Waals surface area contributed by atoms with Gasteiger partial charge >= 0.3 is 0 Å². The second-order valence-corrected chi connectivity index (χ2v) is 9.08. The highest BCUT2D eigenvalue weighted by molar-refractivity contribution is 7.10. The van der Waals surface area contributed by atoms with Crippen molar-refractivity contribution in [2.24, 2.45) is 5.73 Å². The number of hydrogen-bond donors (Lipinski definition) is 4. The zero-order chi connectivity index (χ0) is 23.5. The van der Waals surface area contributed by atoms with Crippen LogP contribution in [-0.2, 0) is 11.3 Å². The van der Waals surface area contributed by atoms with E-state index >= 15 is 0 Å². The molecular formula is C24H26N8OS. The number of piperazine rings is 1. The number of amides is 1. The number of carbonyl (C=O) groups is 1. The number of pyridine rings is 1. The van der Waals surface area contributed by atoms with Crippen molar-refractivity contribution in [1.29, 1.82) is 0 Å². The summed E-state index contributed by atoms with van der Waals surface area (Å²) in [6.07, 6.45) is 2.98. The molecule has 0 saturated carbocycles. The summed E-state index contributed by atoms with van der Waals surface area (Å²) < 4.78 is 0. The van der Waals surface area contributed by atoms with Gasteiger partial charge in [0.15, 0.2) is 5.82 Å². The molecular weight excluding hydrogens is 448 g/mol. The standard InChI is InChI=1S/C24H26N8OS/c1-26-10-15-4-2-3-5-18(15)16-8-20(34-14-16)23(25)30-24-19-9-21(28-11-17(19)12-29-31-24)32-7-6-27-22(33)13-32/h2-5,8-9,11-12,14,23,26H,6-7,10,13,25H2,1H3,(H,27,33)(H,30,31)/t23-/m0/s1. The predicted octanol–water partition coefficient (Wildman–Crippen LogP) is 2.48. The zero-order valence-corrected chi connectivity index (χ0v) is 19.6. The fourth-order valence-electron chi connectivity index (χ4n) is 4.10. The van der Waals surface area contributed by atoms with Gasteiger partial charge in [-0.2, -0.15) is 5.10 Å². The minimum atomic E-state index is -0.451. The quantitative estimate of drug-likeness (QED) is 0.302. The van der Waals surface area contributed by atoms with Crippen LogP contribution >= 0.6 is 11.3 Å². The minimum Gasteiger partial charge on any atom is -0.353 e. The van der Waals surface area contributed by atoms with Crippen LogP contribution in [0.1, 0.15) is 16.6 Å². The summed E-state index contributed by atoms with van der Waals surface area (Å²) in [6.45, 7) is 2.39. The van der Waals surface area contributed by atoms with E-state index in [-0.39, 0.29) is 12.5 Å². The zero-order valence-electron chi connectivity index (χ0n) is 18.8. The summed E-state index contributed by atoms with van der Waals surface area (Å²) in [7, 11) is 1.95. The number of aromatic nitrogens is 3. The third-order valence-electron chi connectivity index (χ3n) is 5.81. The van der Waals surface area contributed by atoms with Crippen LogP contribution in [0.25, 0.3) is 21.9 Å². The van der Waals surface area contributed by atoms with Crippen molar-refractivity contribution in [2.75, 3.05) is 36.9 Å². The van der Waals surface area contributed by atoms with Crippen molar-refractivity contribution in [2.45, 2.75) is 12.7 Å². The molecule has 5 N–H and O–H groups in total. The lowest BCUT2D eigenvalue weighted by Crippen LogP contribution is -2.48. The van der Waals surface area contributed by atoms with E-state index in [1.807, 2.05) is 24.1 Å². The number of nitrogens with one attached hydrogen (secondary N) is 3. The Morgan fingerprint density at radius 3 is 3.00 bits per heavy atom. The second-order valence-electron chi connectivity index (χ2n) is 8.14. The first-order valence-electron chi connectivity index (χ1n) is 11.1. The van der Waals surface area contributed by atoms with Gasteiger partial charge in [0, 0.05) is 41.5 Å². The van der Waals surface area contributed by atoms with Crippen LogP contribution in [-0.4, -0.2) is 47.8 Å². The topological polar surface area (TPSA) is 121 Å². The Kier molecular flexibility index (Phi) is 6.35. The normalized spacial score (nSPS) is 14.8. The molecule has 3 aromatic heterocycles. The molecule has 0 bridgehead atoms. The monoisotopic (exact) mass is 474 g/mol. The molecule has 174 valence electrons. The lowest BCUT2D eigenvalue weighted by atomic mass is 10.0. The van der Waals surface area contributed by atoms with Gasteiger partial charge in [-0.3, -0.25) is 4.79 Å². The highest BCUT2D eigenvalue weighted by Gasteiger charge is 2.19. The molecule has 1 amide bonds. The first-order valence-corrected chi connectivity index (χ1v) is 12.0. The highest BCUT2D eigenvalue weighted by Crippen LogP contribution is 2.32. The SMILES string of the molecule is CNCc1ccccc1-c1csc([C@@H](N)Nc2nncc3cnc(N4CCNC(=O)C4)cc23)c1. The van der Waals surface area contributed by atoms with E-state index in [4.69, 9.17) is 5.73 Å². The number of fused-ring (bicyclic) bond motifs is 1. The summed E-state index contributed by atoms with van der Waals surface area (Å²) in [6, 6.07) is 12.4. The van der Waals surface area contributed by atoms with Gasteiger partial charge in [0.05, 0.1) is 12.7 Å². The average molecular weight is 475 g/mol. The van der Waals surface area contributed by atoms with Gasteiger partial charge in [-0.1, -0.05) is 24.3 Å². The molecule has 1 saturated heterocycles. The molecule has 9 nitrogen and oxygen atoms in total. The first-order chi connectivity index (χ1) is 16.6. The maximum Gasteiger partial charge on any atom is 0.239 e. The van der Waals surface area contributed by atoms with Gasteiger partial charge in [-0.15, -0.1) is 16.4 Å². The Bertz CT molecular complexity index is 1320. The minimum absolute atomic E-state index is 0.00818. The maximum absolute atomic E-state index is 11.8. The summed E-state index contributed by atoms with van der Waals surface area (Å²) in [5.74, 6) is 1.30. The maximum atomic E-state index is 11.8. The number of anilines is 2. The molecule has 0 radical (unpaired) electrons. The average Bonchev–Trinajstić information content (AvgIpc) is 3.35. The first kappa shape index (κ1) is 22.2. The number of hydrogen-bond acceptors (Lipinski definition) is 9. The summed E-state index contributed by atoms with van der Waals surface area (Å²) in [5, 5.41) is 21.6. The molecule has 4 aromatic rings. The molecule has 5 rings (SSSR count). The lowest BCUT2D eigenvalue weighted by Gasteiger charge is -2.27. The van der Waals surface area contributed by atoms with Crippen molar-refractivity contribution in [3.63, 3.8) is 0 Å². The van der Waals surface area contributed by atoms with Crippen molar-refractivity contribution in [3.05, 3.63) is 64.6 Å². The third kappa shape index (κ3) is 4.56. The molecule has 10 heteroatoms. The number of nitrogens with zero attached hydrogens (tertiary/aromatic N) is 4. The third-order valence-corrected chi connectivity index (χ3v) is 6.82. The van der Waals surface area contributed by atoms with Crippen molar-refractivity contribution in [3.8, 4) is 11.1 Å². The van der Waals surface area contributed by atoms with E-state index in [2.05, 4.69) is 60.8 Å². The molecule has 0 unspecified atom stereocenters. The molecule has 4 heterocycles. The van der Waals surface area contributed by atoms with Gasteiger partial charge < -0.3 is 26.6 Å². The Balaban J connectivity index is 1.40. The second kappa shape index (κ2) is 9.72. The van der Waals surface area contributed by atoms with Crippen LogP contribution < -0.4 is 26.6 Å².